The monoisotopic (exact) mass is 503 g/mol. The van der Waals surface area contributed by atoms with Crippen LogP contribution in [-0.2, 0) is 36.8 Å². The fourth-order valence-corrected chi connectivity index (χ4v) is 4.64. The van der Waals surface area contributed by atoms with Gasteiger partial charge in [-0.05, 0) is 55.2 Å². The molecule has 10 heteroatoms. The average molecular weight is 504 g/mol. The van der Waals surface area contributed by atoms with Crippen LogP contribution in [0.15, 0.2) is 34.7 Å². The molecule has 1 aromatic heterocycles. The second-order valence-corrected chi connectivity index (χ2v) is 8.85. The van der Waals surface area contributed by atoms with E-state index in [2.05, 4.69) is 4.98 Å². The lowest BCUT2D eigenvalue weighted by molar-refractivity contribution is -0.138. The summed E-state index contributed by atoms with van der Waals surface area (Å²) >= 11 is 0. The molecule has 0 radical (unpaired) electrons. The molecular formula is C26H28F3N3O4. The molecule has 0 saturated heterocycles. The minimum Gasteiger partial charge on any atom is -0.493 e. The summed E-state index contributed by atoms with van der Waals surface area (Å²) in [5.74, 6) is 1.03. The number of carbonyl (C=O) groups is 1. The Kier molecular flexibility index (Phi) is 7.14. The molecule has 0 fully saturated rings. The predicted octanol–water partition coefficient (Wildman–Crippen LogP) is 5.09. The van der Waals surface area contributed by atoms with Crippen molar-refractivity contribution in [3.63, 3.8) is 0 Å². The van der Waals surface area contributed by atoms with Crippen LogP contribution < -0.4 is 15.4 Å². The quantitative estimate of drug-likeness (QED) is 0.413. The molecular weight excluding hydrogens is 475 g/mol. The molecule has 0 bridgehead atoms. The fourth-order valence-electron chi connectivity index (χ4n) is 4.64. The first-order valence-corrected chi connectivity index (χ1v) is 11.7. The lowest BCUT2D eigenvalue weighted by atomic mass is 9.91. The van der Waals surface area contributed by atoms with E-state index in [4.69, 9.17) is 14.9 Å². The van der Waals surface area contributed by atoms with Crippen molar-refractivity contribution in [1.82, 2.24) is 4.98 Å². The number of benzene rings is 2. The zero-order valence-corrected chi connectivity index (χ0v) is 20.1. The number of aryl methyl sites for hydroxylation is 3. The number of aliphatic carboxylic acids is 1. The van der Waals surface area contributed by atoms with E-state index in [1.54, 1.807) is 17.9 Å². The third-order valence-electron chi connectivity index (χ3n) is 6.34. The van der Waals surface area contributed by atoms with Crippen molar-refractivity contribution in [3.05, 3.63) is 69.9 Å². The number of alkyl halides is 3. The summed E-state index contributed by atoms with van der Waals surface area (Å²) in [4.78, 5) is 17.2. The Morgan fingerprint density at radius 3 is 2.64 bits per heavy atom. The smallest absolute Gasteiger partial charge is 0.418 e. The van der Waals surface area contributed by atoms with Gasteiger partial charge < -0.3 is 24.9 Å². The van der Waals surface area contributed by atoms with Crippen molar-refractivity contribution < 1.29 is 32.2 Å². The Morgan fingerprint density at radius 2 is 1.97 bits per heavy atom. The van der Waals surface area contributed by atoms with Crippen LogP contribution in [-0.4, -0.2) is 29.2 Å². The lowest BCUT2D eigenvalue weighted by Gasteiger charge is -2.34. The van der Waals surface area contributed by atoms with Gasteiger partial charge in [0.15, 0.2) is 5.89 Å². The van der Waals surface area contributed by atoms with Crippen LogP contribution in [0.3, 0.4) is 0 Å². The molecule has 192 valence electrons. The zero-order chi connectivity index (χ0) is 26.0. The van der Waals surface area contributed by atoms with Gasteiger partial charge in [0, 0.05) is 44.1 Å². The van der Waals surface area contributed by atoms with Gasteiger partial charge in [0.25, 0.3) is 0 Å². The largest absolute Gasteiger partial charge is 0.493 e. The Balaban J connectivity index is 1.63. The molecule has 0 amide bonds. The van der Waals surface area contributed by atoms with Gasteiger partial charge in [-0.15, -0.1) is 0 Å². The van der Waals surface area contributed by atoms with E-state index in [0.717, 1.165) is 34.2 Å². The van der Waals surface area contributed by atoms with Crippen molar-refractivity contribution in [3.8, 4) is 5.75 Å². The Labute approximate surface area is 206 Å². The Morgan fingerprint density at radius 1 is 1.19 bits per heavy atom. The number of hydrogen-bond acceptors (Lipinski definition) is 6. The average Bonchev–Trinajstić information content (AvgIpc) is 3.13. The van der Waals surface area contributed by atoms with Gasteiger partial charge in [-0.2, -0.15) is 13.2 Å². The maximum Gasteiger partial charge on any atom is 0.418 e. The van der Waals surface area contributed by atoms with Gasteiger partial charge in [0.2, 0.25) is 0 Å². The van der Waals surface area contributed by atoms with Crippen LogP contribution in [0.4, 0.5) is 24.5 Å². The summed E-state index contributed by atoms with van der Waals surface area (Å²) < 4.78 is 52.7. The number of carboxylic acids is 1. The second-order valence-electron chi connectivity index (χ2n) is 8.85. The number of halogens is 3. The van der Waals surface area contributed by atoms with Gasteiger partial charge in [0.1, 0.15) is 11.5 Å². The molecule has 0 saturated carbocycles. The minimum absolute atomic E-state index is 0.0144. The van der Waals surface area contributed by atoms with E-state index in [1.165, 1.54) is 12.1 Å². The number of anilines is 2. The van der Waals surface area contributed by atoms with E-state index >= 15 is 0 Å². The number of rotatable bonds is 8. The molecule has 2 aromatic carbocycles. The number of oxazole rings is 1. The van der Waals surface area contributed by atoms with Crippen molar-refractivity contribution in [2.45, 2.75) is 52.3 Å². The van der Waals surface area contributed by atoms with Crippen LogP contribution in [0.25, 0.3) is 0 Å². The molecule has 7 nitrogen and oxygen atoms in total. The number of fused-ring (bicyclic) bond motifs is 1. The van der Waals surface area contributed by atoms with Crippen molar-refractivity contribution >= 4 is 17.3 Å². The summed E-state index contributed by atoms with van der Waals surface area (Å²) in [6.07, 6.45) is -3.35. The van der Waals surface area contributed by atoms with E-state index in [-0.39, 0.29) is 30.8 Å². The van der Waals surface area contributed by atoms with Crippen LogP contribution in [0.5, 0.6) is 5.75 Å². The highest BCUT2D eigenvalue weighted by atomic mass is 19.4. The van der Waals surface area contributed by atoms with E-state index in [1.807, 2.05) is 13.0 Å². The number of nitrogens with zero attached hydrogens (tertiary/aromatic N) is 2. The lowest BCUT2D eigenvalue weighted by Crippen LogP contribution is -2.33. The number of hydrogen-bond donors (Lipinski definition) is 2. The number of nitrogens with two attached hydrogens (primary N) is 1. The number of nitrogen functional groups attached to an aromatic ring is 1. The first-order valence-electron chi connectivity index (χ1n) is 11.7. The van der Waals surface area contributed by atoms with E-state index in [0.29, 0.717) is 37.6 Å². The number of ether oxygens (including phenoxy) is 1. The van der Waals surface area contributed by atoms with Crippen LogP contribution in [0.2, 0.25) is 0 Å². The van der Waals surface area contributed by atoms with Crippen LogP contribution in [0, 0.1) is 13.8 Å². The molecule has 0 unspecified atom stereocenters. The highest BCUT2D eigenvalue weighted by Crippen LogP contribution is 2.41. The second kappa shape index (κ2) is 10.1. The number of aromatic nitrogens is 1. The molecule has 1 aliphatic rings. The SMILES string of the molecule is Cc1nc(CCOc2ccc(CCC(=O)O)c3c2CCN(c2cc(N)ccc2C(F)(F)F)C3)c(C)o1. The third-order valence-corrected chi connectivity index (χ3v) is 6.34. The summed E-state index contributed by atoms with van der Waals surface area (Å²) in [5, 5.41) is 9.18. The maximum atomic E-state index is 13.7. The molecule has 2 heterocycles. The Bertz CT molecular complexity index is 1270. The summed E-state index contributed by atoms with van der Waals surface area (Å²) in [6, 6.07) is 7.20. The molecule has 36 heavy (non-hydrogen) atoms. The van der Waals surface area contributed by atoms with E-state index in [9.17, 15) is 23.1 Å². The summed E-state index contributed by atoms with van der Waals surface area (Å²) in [7, 11) is 0. The number of carboxylic acid groups (broad SMARTS) is 1. The normalized spacial score (nSPS) is 13.5. The molecule has 0 atom stereocenters. The molecule has 0 aliphatic carbocycles. The highest BCUT2D eigenvalue weighted by Gasteiger charge is 2.36. The Hall–Kier alpha value is -3.69. The first-order chi connectivity index (χ1) is 17.0. The van der Waals surface area contributed by atoms with Gasteiger partial charge in [-0.1, -0.05) is 6.07 Å². The summed E-state index contributed by atoms with van der Waals surface area (Å²) in [6.45, 7) is 4.49. The molecule has 3 aromatic rings. The van der Waals surface area contributed by atoms with Crippen molar-refractivity contribution in [2.24, 2.45) is 0 Å². The maximum absolute atomic E-state index is 13.7. The zero-order valence-electron chi connectivity index (χ0n) is 20.1. The molecule has 0 spiro atoms. The van der Waals surface area contributed by atoms with Gasteiger partial charge in [-0.25, -0.2) is 4.98 Å². The first kappa shape index (κ1) is 25.4. The fraction of sp³-hybridized carbons (Fsp3) is 0.385. The van der Waals surface area contributed by atoms with Gasteiger partial charge in [-0.3, -0.25) is 4.79 Å². The van der Waals surface area contributed by atoms with Crippen molar-refractivity contribution in [2.75, 3.05) is 23.8 Å². The van der Waals surface area contributed by atoms with Gasteiger partial charge >= 0.3 is 12.1 Å². The topological polar surface area (TPSA) is 102 Å². The standard InChI is InChI=1S/C26H28F3N3O4/c1-15-22(31-16(2)36-15)10-12-35-24-7-3-17(4-8-25(33)34)20-14-32(11-9-19(20)24)23-13-18(30)5-6-21(23)26(27,28)29/h3,5-7,13H,4,8-12,14,30H2,1-2H3,(H,33,34). The molecule has 1 aliphatic heterocycles. The highest BCUT2D eigenvalue weighted by molar-refractivity contribution is 5.68. The van der Waals surface area contributed by atoms with Crippen LogP contribution in [0.1, 0.15) is 46.0 Å². The predicted molar refractivity (Wildman–Crippen MR) is 128 cm³/mol. The minimum atomic E-state index is -4.53. The summed E-state index contributed by atoms with van der Waals surface area (Å²) in [5.41, 5.74) is 8.61. The van der Waals surface area contributed by atoms with Crippen LogP contribution >= 0.6 is 0 Å². The third kappa shape index (κ3) is 5.58. The van der Waals surface area contributed by atoms with E-state index < -0.39 is 17.7 Å². The molecule has 3 N–H and O–H groups in total. The molecule has 4 rings (SSSR count). The van der Waals surface area contributed by atoms with Crippen molar-refractivity contribution in [1.29, 1.82) is 0 Å². The van der Waals surface area contributed by atoms with Gasteiger partial charge in [0.05, 0.1) is 23.6 Å².